The van der Waals surface area contributed by atoms with Gasteiger partial charge in [-0.2, -0.15) is 5.10 Å². The fourth-order valence-corrected chi connectivity index (χ4v) is 1.14. The smallest absolute Gasteiger partial charge is 0.174 e. The van der Waals surface area contributed by atoms with Gasteiger partial charge in [-0.15, -0.1) is 0 Å². The lowest BCUT2D eigenvalue weighted by Gasteiger charge is -2.02. The van der Waals surface area contributed by atoms with E-state index >= 15 is 0 Å². The van der Waals surface area contributed by atoms with Crippen molar-refractivity contribution >= 4 is 5.71 Å². The normalized spacial score (nSPS) is 10.0. The molecule has 5 heteroatoms. The maximum absolute atomic E-state index is 9.48. The lowest BCUT2D eigenvalue weighted by Crippen LogP contribution is -2.03. The van der Waals surface area contributed by atoms with Gasteiger partial charge < -0.3 is 5.11 Å². The van der Waals surface area contributed by atoms with E-state index in [0.29, 0.717) is 11.4 Å². The summed E-state index contributed by atoms with van der Waals surface area (Å²) in [7, 11) is 0. The van der Waals surface area contributed by atoms with Crippen LogP contribution < -0.4 is 0 Å². The summed E-state index contributed by atoms with van der Waals surface area (Å²) in [5.74, 6) is 0.403. The molecule has 0 aliphatic rings. The number of aromatic nitrogens is 3. The van der Waals surface area contributed by atoms with E-state index in [9.17, 15) is 5.11 Å². The first-order valence-corrected chi connectivity index (χ1v) is 4.01. The number of para-hydroxylation sites is 1. The third-order valence-electron chi connectivity index (χ3n) is 1.83. The van der Waals surface area contributed by atoms with E-state index in [4.69, 9.17) is 5.41 Å². The Morgan fingerprint density at radius 1 is 1.36 bits per heavy atom. The van der Waals surface area contributed by atoms with Gasteiger partial charge in [0.2, 0.25) is 0 Å². The summed E-state index contributed by atoms with van der Waals surface area (Å²) in [4.78, 5) is 3.83. The average molecular weight is 188 g/mol. The van der Waals surface area contributed by atoms with Crippen LogP contribution in [-0.4, -0.2) is 26.0 Å². The topological polar surface area (TPSA) is 85.7 Å². The molecule has 0 aliphatic heterocycles. The zero-order valence-electron chi connectivity index (χ0n) is 7.23. The van der Waals surface area contributed by atoms with Gasteiger partial charge in [-0.05, 0) is 12.1 Å². The summed E-state index contributed by atoms with van der Waals surface area (Å²) in [5, 5.41) is 23.4. The highest BCUT2D eigenvalue weighted by Crippen LogP contribution is 2.17. The van der Waals surface area contributed by atoms with Crippen molar-refractivity contribution in [2.45, 2.75) is 0 Å². The molecule has 5 nitrogen and oxygen atoms in total. The van der Waals surface area contributed by atoms with E-state index in [2.05, 4.69) is 15.2 Å². The largest absolute Gasteiger partial charge is 0.507 e. The second kappa shape index (κ2) is 3.29. The molecule has 0 aliphatic carbocycles. The molecule has 70 valence electrons. The van der Waals surface area contributed by atoms with Gasteiger partial charge in [0.05, 0.1) is 0 Å². The first-order valence-electron chi connectivity index (χ1n) is 4.01. The number of nitrogens with zero attached hydrogens (tertiary/aromatic N) is 2. The quantitative estimate of drug-likeness (QED) is 0.612. The van der Waals surface area contributed by atoms with Crippen LogP contribution in [0.1, 0.15) is 11.4 Å². The van der Waals surface area contributed by atoms with Crippen molar-refractivity contribution in [2.75, 3.05) is 0 Å². The highest BCUT2D eigenvalue weighted by Gasteiger charge is 2.10. The molecular formula is C9H8N4O. The van der Waals surface area contributed by atoms with Crippen molar-refractivity contribution in [2.24, 2.45) is 0 Å². The Kier molecular flexibility index (Phi) is 1.98. The van der Waals surface area contributed by atoms with Crippen LogP contribution >= 0.6 is 0 Å². The van der Waals surface area contributed by atoms with Crippen LogP contribution in [0.3, 0.4) is 0 Å². The Morgan fingerprint density at radius 3 is 2.79 bits per heavy atom. The molecule has 0 saturated heterocycles. The van der Waals surface area contributed by atoms with Crippen molar-refractivity contribution in [1.29, 1.82) is 5.41 Å². The molecule has 0 radical (unpaired) electrons. The summed E-state index contributed by atoms with van der Waals surface area (Å²) in [6, 6.07) is 6.63. The lowest BCUT2D eigenvalue weighted by atomic mass is 10.1. The molecule has 2 aromatic rings. The van der Waals surface area contributed by atoms with E-state index in [1.54, 1.807) is 18.2 Å². The Hall–Kier alpha value is -2.17. The first kappa shape index (κ1) is 8.43. The zero-order valence-corrected chi connectivity index (χ0v) is 7.23. The highest BCUT2D eigenvalue weighted by atomic mass is 16.3. The molecular weight excluding hydrogens is 180 g/mol. The summed E-state index contributed by atoms with van der Waals surface area (Å²) in [6.07, 6.45) is 1.32. The molecule has 0 saturated carbocycles. The van der Waals surface area contributed by atoms with Crippen LogP contribution in [0.2, 0.25) is 0 Å². The molecule has 14 heavy (non-hydrogen) atoms. The molecule has 3 N–H and O–H groups in total. The van der Waals surface area contributed by atoms with Gasteiger partial charge >= 0.3 is 0 Å². The minimum Gasteiger partial charge on any atom is -0.507 e. The number of rotatable bonds is 2. The Morgan fingerprint density at radius 2 is 2.14 bits per heavy atom. The van der Waals surface area contributed by atoms with Gasteiger partial charge in [-0.1, -0.05) is 12.1 Å². The fraction of sp³-hybridized carbons (Fsp3) is 0. The standard InChI is InChI=1S/C9H8N4O/c10-8(9-11-5-12-13-9)6-3-1-2-4-7(6)14/h1-5,10,14H,(H,11,12,13). The summed E-state index contributed by atoms with van der Waals surface area (Å²) in [6.45, 7) is 0. The van der Waals surface area contributed by atoms with Gasteiger partial charge in [0.25, 0.3) is 0 Å². The number of phenolic OH excluding ortho intramolecular Hbond substituents is 1. The van der Waals surface area contributed by atoms with E-state index < -0.39 is 0 Å². The number of hydrogen-bond acceptors (Lipinski definition) is 4. The number of aromatic hydroxyl groups is 1. The molecule has 1 aromatic carbocycles. The first-order chi connectivity index (χ1) is 6.79. The van der Waals surface area contributed by atoms with Crippen LogP contribution in [0.5, 0.6) is 5.75 Å². The molecule has 0 fully saturated rings. The number of aromatic amines is 1. The second-order valence-corrected chi connectivity index (χ2v) is 2.73. The maximum Gasteiger partial charge on any atom is 0.174 e. The number of nitrogens with one attached hydrogen (secondary N) is 2. The second-order valence-electron chi connectivity index (χ2n) is 2.73. The highest BCUT2D eigenvalue weighted by molar-refractivity contribution is 6.09. The average Bonchev–Trinajstić information content (AvgIpc) is 2.70. The van der Waals surface area contributed by atoms with E-state index in [0.717, 1.165) is 0 Å². The molecule has 0 spiro atoms. The number of H-pyrrole nitrogens is 1. The van der Waals surface area contributed by atoms with Gasteiger partial charge in [0.15, 0.2) is 5.82 Å². The van der Waals surface area contributed by atoms with Gasteiger partial charge in [0, 0.05) is 5.56 Å². The van der Waals surface area contributed by atoms with Crippen LogP contribution in [-0.2, 0) is 0 Å². The SMILES string of the molecule is N=C(c1ncn[nH]1)c1ccccc1O. The Bertz CT molecular complexity index is 450. The van der Waals surface area contributed by atoms with Crippen molar-refractivity contribution in [3.05, 3.63) is 42.0 Å². The molecule has 0 amide bonds. The monoisotopic (exact) mass is 188 g/mol. The maximum atomic E-state index is 9.48. The molecule has 0 atom stereocenters. The molecule has 0 unspecified atom stereocenters. The van der Waals surface area contributed by atoms with E-state index in [1.807, 2.05) is 0 Å². The lowest BCUT2D eigenvalue weighted by molar-refractivity contribution is 0.474. The fourth-order valence-electron chi connectivity index (χ4n) is 1.14. The van der Waals surface area contributed by atoms with E-state index in [-0.39, 0.29) is 11.5 Å². The number of benzene rings is 1. The van der Waals surface area contributed by atoms with Gasteiger partial charge in [-0.25, -0.2) is 4.98 Å². The summed E-state index contributed by atoms with van der Waals surface area (Å²) >= 11 is 0. The predicted octanol–water partition coefficient (Wildman–Crippen LogP) is 0.926. The minimum absolute atomic E-state index is 0.0638. The number of hydrogen-bond donors (Lipinski definition) is 3. The zero-order chi connectivity index (χ0) is 9.97. The van der Waals surface area contributed by atoms with Crippen molar-refractivity contribution in [3.8, 4) is 5.75 Å². The van der Waals surface area contributed by atoms with Crippen molar-refractivity contribution in [3.63, 3.8) is 0 Å². The molecule has 1 aromatic heterocycles. The Labute approximate surface area is 79.9 Å². The van der Waals surface area contributed by atoms with Crippen LogP contribution in [0.15, 0.2) is 30.6 Å². The minimum atomic E-state index is 0.0638. The van der Waals surface area contributed by atoms with Crippen LogP contribution in [0.4, 0.5) is 0 Å². The molecule has 0 bridgehead atoms. The summed E-state index contributed by atoms with van der Waals surface area (Å²) < 4.78 is 0. The van der Waals surface area contributed by atoms with Crippen LogP contribution in [0, 0.1) is 5.41 Å². The summed E-state index contributed by atoms with van der Waals surface area (Å²) in [5.41, 5.74) is 0.560. The van der Waals surface area contributed by atoms with Crippen molar-refractivity contribution in [1.82, 2.24) is 15.2 Å². The number of phenols is 1. The third-order valence-corrected chi connectivity index (χ3v) is 1.83. The molecule has 1 heterocycles. The Balaban J connectivity index is 2.42. The van der Waals surface area contributed by atoms with Crippen molar-refractivity contribution < 1.29 is 5.11 Å². The van der Waals surface area contributed by atoms with Crippen LogP contribution in [0.25, 0.3) is 0 Å². The van der Waals surface area contributed by atoms with Gasteiger partial charge in [-0.3, -0.25) is 10.5 Å². The van der Waals surface area contributed by atoms with E-state index in [1.165, 1.54) is 12.4 Å². The van der Waals surface area contributed by atoms with Gasteiger partial charge in [0.1, 0.15) is 17.8 Å². The molecule has 2 rings (SSSR count). The third kappa shape index (κ3) is 1.35. The predicted molar refractivity (Wildman–Crippen MR) is 50.4 cm³/mol.